The Morgan fingerprint density at radius 3 is 2.60 bits per heavy atom. The second kappa shape index (κ2) is 6.25. The first kappa shape index (κ1) is 11.8. The Kier molecular flexibility index (Phi) is 4.91. The molecule has 1 aromatic rings. The molecule has 0 aromatic heterocycles. The summed E-state index contributed by atoms with van der Waals surface area (Å²) in [6.45, 7) is 3.69. The second-order valence-electron chi connectivity index (χ2n) is 3.68. The van der Waals surface area contributed by atoms with E-state index in [4.69, 9.17) is 10.5 Å². The molecule has 0 aliphatic heterocycles. The molecule has 1 atom stereocenters. The molecule has 0 saturated carbocycles. The fraction of sp³-hybridized carbons (Fsp3) is 0.385. The SMILES string of the molecule is C=CCCC(N)Cc1ccc(OC)cc1. The predicted molar refractivity (Wildman–Crippen MR) is 64.1 cm³/mol. The van der Waals surface area contributed by atoms with Crippen molar-refractivity contribution in [3.63, 3.8) is 0 Å². The molecule has 0 aliphatic rings. The van der Waals surface area contributed by atoms with E-state index in [1.165, 1.54) is 5.56 Å². The quantitative estimate of drug-likeness (QED) is 0.724. The van der Waals surface area contributed by atoms with Gasteiger partial charge in [0.1, 0.15) is 5.75 Å². The van der Waals surface area contributed by atoms with Gasteiger partial charge in [-0.05, 0) is 37.0 Å². The molecule has 15 heavy (non-hydrogen) atoms. The van der Waals surface area contributed by atoms with Gasteiger partial charge in [-0.2, -0.15) is 0 Å². The van der Waals surface area contributed by atoms with Gasteiger partial charge in [0.2, 0.25) is 0 Å². The third-order valence-corrected chi connectivity index (χ3v) is 2.40. The van der Waals surface area contributed by atoms with Crippen molar-refractivity contribution in [3.05, 3.63) is 42.5 Å². The minimum atomic E-state index is 0.219. The van der Waals surface area contributed by atoms with Crippen LogP contribution in [0.4, 0.5) is 0 Å². The van der Waals surface area contributed by atoms with Gasteiger partial charge in [-0.15, -0.1) is 6.58 Å². The van der Waals surface area contributed by atoms with Crippen molar-refractivity contribution < 1.29 is 4.74 Å². The standard InChI is InChI=1S/C13H19NO/c1-3-4-5-12(14)10-11-6-8-13(15-2)9-7-11/h3,6-9,12H,1,4-5,10,14H2,2H3. The van der Waals surface area contributed by atoms with E-state index < -0.39 is 0 Å². The molecule has 2 heteroatoms. The Hall–Kier alpha value is -1.28. The molecule has 2 N–H and O–H groups in total. The Morgan fingerprint density at radius 2 is 2.07 bits per heavy atom. The van der Waals surface area contributed by atoms with Gasteiger partial charge in [0.15, 0.2) is 0 Å². The fourth-order valence-corrected chi connectivity index (χ4v) is 1.50. The number of hydrogen-bond acceptors (Lipinski definition) is 2. The summed E-state index contributed by atoms with van der Waals surface area (Å²) in [6.07, 6.45) is 4.80. The lowest BCUT2D eigenvalue weighted by molar-refractivity contribution is 0.414. The summed E-state index contributed by atoms with van der Waals surface area (Å²) in [7, 11) is 1.67. The van der Waals surface area contributed by atoms with Crippen molar-refractivity contribution in [3.8, 4) is 5.75 Å². The number of methoxy groups -OCH3 is 1. The summed E-state index contributed by atoms with van der Waals surface area (Å²) in [5.74, 6) is 0.887. The zero-order chi connectivity index (χ0) is 11.1. The van der Waals surface area contributed by atoms with Crippen LogP contribution in [-0.4, -0.2) is 13.2 Å². The summed E-state index contributed by atoms with van der Waals surface area (Å²) < 4.78 is 5.09. The lowest BCUT2D eigenvalue weighted by Crippen LogP contribution is -2.22. The zero-order valence-electron chi connectivity index (χ0n) is 9.28. The monoisotopic (exact) mass is 205 g/mol. The molecule has 2 nitrogen and oxygen atoms in total. The van der Waals surface area contributed by atoms with Gasteiger partial charge in [0, 0.05) is 6.04 Å². The predicted octanol–water partition coefficient (Wildman–Crippen LogP) is 2.53. The Bertz CT molecular complexity index is 292. The molecular formula is C13H19NO. The van der Waals surface area contributed by atoms with Crippen LogP contribution in [0.3, 0.4) is 0 Å². The first-order chi connectivity index (χ1) is 7.26. The zero-order valence-corrected chi connectivity index (χ0v) is 9.28. The van der Waals surface area contributed by atoms with E-state index in [-0.39, 0.29) is 6.04 Å². The molecule has 0 saturated heterocycles. The minimum absolute atomic E-state index is 0.219. The van der Waals surface area contributed by atoms with Crippen LogP contribution in [0, 0.1) is 0 Å². The average Bonchev–Trinajstić information content (AvgIpc) is 2.27. The van der Waals surface area contributed by atoms with E-state index >= 15 is 0 Å². The third-order valence-electron chi connectivity index (χ3n) is 2.40. The van der Waals surface area contributed by atoms with Crippen LogP contribution >= 0.6 is 0 Å². The van der Waals surface area contributed by atoms with Gasteiger partial charge >= 0.3 is 0 Å². The topological polar surface area (TPSA) is 35.2 Å². The van der Waals surface area contributed by atoms with Crippen LogP contribution in [0.25, 0.3) is 0 Å². The van der Waals surface area contributed by atoms with Crippen molar-refractivity contribution in [2.45, 2.75) is 25.3 Å². The van der Waals surface area contributed by atoms with Gasteiger partial charge in [-0.3, -0.25) is 0 Å². The van der Waals surface area contributed by atoms with E-state index in [1.807, 2.05) is 18.2 Å². The van der Waals surface area contributed by atoms with E-state index in [0.29, 0.717) is 0 Å². The van der Waals surface area contributed by atoms with E-state index in [2.05, 4.69) is 18.7 Å². The molecule has 1 rings (SSSR count). The molecule has 82 valence electrons. The third kappa shape index (κ3) is 4.17. The van der Waals surface area contributed by atoms with Crippen molar-refractivity contribution in [2.75, 3.05) is 7.11 Å². The normalized spacial score (nSPS) is 12.1. The lowest BCUT2D eigenvalue weighted by Gasteiger charge is -2.10. The van der Waals surface area contributed by atoms with Crippen LogP contribution < -0.4 is 10.5 Å². The molecule has 0 aliphatic carbocycles. The highest BCUT2D eigenvalue weighted by molar-refractivity contribution is 5.27. The number of allylic oxidation sites excluding steroid dienone is 1. The Morgan fingerprint density at radius 1 is 1.40 bits per heavy atom. The number of benzene rings is 1. The summed E-state index contributed by atoms with van der Waals surface area (Å²) in [4.78, 5) is 0. The van der Waals surface area contributed by atoms with Crippen molar-refractivity contribution in [1.82, 2.24) is 0 Å². The largest absolute Gasteiger partial charge is 0.497 e. The second-order valence-corrected chi connectivity index (χ2v) is 3.68. The van der Waals surface area contributed by atoms with Crippen LogP contribution in [0.2, 0.25) is 0 Å². The summed E-state index contributed by atoms with van der Waals surface area (Å²) in [6, 6.07) is 8.28. The molecule has 0 fully saturated rings. The van der Waals surface area contributed by atoms with Crippen LogP contribution in [-0.2, 0) is 6.42 Å². The van der Waals surface area contributed by atoms with Gasteiger partial charge in [-0.1, -0.05) is 18.2 Å². The average molecular weight is 205 g/mol. The number of rotatable bonds is 6. The molecule has 0 spiro atoms. The smallest absolute Gasteiger partial charge is 0.118 e. The number of ether oxygens (including phenoxy) is 1. The van der Waals surface area contributed by atoms with Crippen LogP contribution in [0.15, 0.2) is 36.9 Å². The van der Waals surface area contributed by atoms with Crippen LogP contribution in [0.5, 0.6) is 5.75 Å². The summed E-state index contributed by atoms with van der Waals surface area (Å²) in [5.41, 5.74) is 7.24. The highest BCUT2D eigenvalue weighted by atomic mass is 16.5. The molecule has 0 bridgehead atoms. The van der Waals surface area contributed by atoms with Crippen molar-refractivity contribution in [2.24, 2.45) is 5.73 Å². The van der Waals surface area contributed by atoms with Gasteiger partial charge in [-0.25, -0.2) is 0 Å². The maximum atomic E-state index is 5.98. The fourth-order valence-electron chi connectivity index (χ4n) is 1.50. The first-order valence-corrected chi connectivity index (χ1v) is 5.25. The molecule has 1 unspecified atom stereocenters. The summed E-state index contributed by atoms with van der Waals surface area (Å²) >= 11 is 0. The highest BCUT2D eigenvalue weighted by Gasteiger charge is 2.02. The lowest BCUT2D eigenvalue weighted by atomic mass is 10.0. The Labute approximate surface area is 91.7 Å². The molecular weight excluding hydrogens is 186 g/mol. The van der Waals surface area contributed by atoms with Gasteiger partial charge < -0.3 is 10.5 Å². The highest BCUT2D eigenvalue weighted by Crippen LogP contribution is 2.13. The number of hydrogen-bond donors (Lipinski definition) is 1. The van der Waals surface area contributed by atoms with Crippen LogP contribution in [0.1, 0.15) is 18.4 Å². The minimum Gasteiger partial charge on any atom is -0.497 e. The molecule has 0 radical (unpaired) electrons. The van der Waals surface area contributed by atoms with E-state index in [0.717, 1.165) is 25.0 Å². The van der Waals surface area contributed by atoms with Gasteiger partial charge in [0.25, 0.3) is 0 Å². The first-order valence-electron chi connectivity index (χ1n) is 5.25. The number of nitrogens with two attached hydrogens (primary N) is 1. The summed E-state index contributed by atoms with van der Waals surface area (Å²) in [5, 5.41) is 0. The van der Waals surface area contributed by atoms with E-state index in [9.17, 15) is 0 Å². The molecule has 0 heterocycles. The van der Waals surface area contributed by atoms with Crippen molar-refractivity contribution in [1.29, 1.82) is 0 Å². The molecule has 1 aromatic carbocycles. The van der Waals surface area contributed by atoms with E-state index in [1.54, 1.807) is 7.11 Å². The Balaban J connectivity index is 2.45. The maximum absolute atomic E-state index is 5.98. The van der Waals surface area contributed by atoms with Gasteiger partial charge in [0.05, 0.1) is 7.11 Å². The molecule has 0 amide bonds. The van der Waals surface area contributed by atoms with Crippen molar-refractivity contribution >= 4 is 0 Å². The maximum Gasteiger partial charge on any atom is 0.118 e.